The fourth-order valence-corrected chi connectivity index (χ4v) is 2.48. The molecule has 0 spiro atoms. The second-order valence-corrected chi connectivity index (χ2v) is 5.38. The number of nitrogens with one attached hydrogen (secondary N) is 1. The molecule has 0 saturated carbocycles. The molecule has 2 aromatic heterocycles. The molecular weight excluding hydrogens is 346 g/mol. The molecule has 1 N–H and O–H groups in total. The Morgan fingerprint density at radius 2 is 2.20 bits per heavy atom. The van der Waals surface area contributed by atoms with Gasteiger partial charge in [-0.05, 0) is 29.8 Å². The summed E-state index contributed by atoms with van der Waals surface area (Å²) in [4.78, 5) is 12.2. The van der Waals surface area contributed by atoms with E-state index in [1.165, 1.54) is 6.20 Å². The van der Waals surface area contributed by atoms with Crippen molar-refractivity contribution in [3.8, 4) is 0 Å². The summed E-state index contributed by atoms with van der Waals surface area (Å²) in [5, 5.41) is 11.5. The van der Waals surface area contributed by atoms with E-state index in [1.807, 2.05) is 20.0 Å². The number of amides is 1. The van der Waals surface area contributed by atoms with Gasteiger partial charge in [0.1, 0.15) is 5.69 Å². The Morgan fingerprint density at radius 1 is 1.45 bits per heavy atom. The van der Waals surface area contributed by atoms with Crippen LogP contribution in [0, 0.1) is 0 Å². The molecule has 0 saturated heterocycles. The van der Waals surface area contributed by atoms with Crippen LogP contribution < -0.4 is 5.32 Å². The Bertz CT molecular complexity index is 621. The Balaban J connectivity index is 2.08. The second kappa shape index (κ2) is 6.41. The molecule has 0 aliphatic carbocycles. The van der Waals surface area contributed by atoms with Crippen LogP contribution in [-0.2, 0) is 19.6 Å². The third-order valence-electron chi connectivity index (χ3n) is 2.84. The molecule has 0 aromatic carbocycles. The number of halogens is 2. The molecule has 0 aliphatic rings. The van der Waals surface area contributed by atoms with Gasteiger partial charge in [-0.15, -0.1) is 0 Å². The summed E-state index contributed by atoms with van der Waals surface area (Å²) in [5.41, 5.74) is 1.15. The van der Waals surface area contributed by atoms with Crippen LogP contribution in [0.15, 0.2) is 16.9 Å². The van der Waals surface area contributed by atoms with E-state index in [1.54, 1.807) is 9.36 Å². The zero-order chi connectivity index (χ0) is 14.7. The van der Waals surface area contributed by atoms with E-state index in [-0.39, 0.29) is 5.91 Å². The maximum atomic E-state index is 12.2. The van der Waals surface area contributed by atoms with Crippen LogP contribution in [0.4, 0.5) is 0 Å². The zero-order valence-electron chi connectivity index (χ0n) is 11.2. The molecule has 0 radical (unpaired) electrons. The van der Waals surface area contributed by atoms with E-state index >= 15 is 0 Å². The SMILES string of the molecule is CCn1cc(Br)c(CNC(=O)c2c(Cl)cnn2CC)n1. The van der Waals surface area contributed by atoms with Crippen LogP contribution in [0.5, 0.6) is 0 Å². The van der Waals surface area contributed by atoms with Crippen LogP contribution in [0.1, 0.15) is 30.0 Å². The molecule has 8 heteroatoms. The highest BCUT2D eigenvalue weighted by Crippen LogP contribution is 2.17. The van der Waals surface area contributed by atoms with Gasteiger partial charge < -0.3 is 5.32 Å². The van der Waals surface area contributed by atoms with Gasteiger partial charge in [0, 0.05) is 19.3 Å². The summed E-state index contributed by atoms with van der Waals surface area (Å²) >= 11 is 9.41. The number of aryl methyl sites for hydroxylation is 2. The monoisotopic (exact) mass is 359 g/mol. The molecule has 0 unspecified atom stereocenters. The predicted octanol–water partition coefficient (Wildman–Crippen LogP) is 2.47. The summed E-state index contributed by atoms with van der Waals surface area (Å²) in [6, 6.07) is 0. The summed E-state index contributed by atoms with van der Waals surface area (Å²) < 4.78 is 4.24. The summed E-state index contributed by atoms with van der Waals surface area (Å²) in [6.07, 6.45) is 3.35. The number of hydrogen-bond donors (Lipinski definition) is 1. The van der Waals surface area contributed by atoms with Crippen molar-refractivity contribution in [2.24, 2.45) is 0 Å². The van der Waals surface area contributed by atoms with E-state index in [2.05, 4.69) is 31.4 Å². The summed E-state index contributed by atoms with van der Waals surface area (Å²) in [7, 11) is 0. The van der Waals surface area contributed by atoms with Crippen molar-refractivity contribution >= 4 is 33.4 Å². The highest BCUT2D eigenvalue weighted by atomic mass is 79.9. The fraction of sp³-hybridized carbons (Fsp3) is 0.417. The van der Waals surface area contributed by atoms with Crippen molar-refractivity contribution in [3.63, 3.8) is 0 Å². The van der Waals surface area contributed by atoms with Gasteiger partial charge >= 0.3 is 0 Å². The third-order valence-corrected chi connectivity index (χ3v) is 3.78. The van der Waals surface area contributed by atoms with Crippen molar-refractivity contribution in [3.05, 3.63) is 33.3 Å². The van der Waals surface area contributed by atoms with Crippen LogP contribution in [-0.4, -0.2) is 25.5 Å². The highest BCUT2D eigenvalue weighted by Gasteiger charge is 2.17. The minimum absolute atomic E-state index is 0.257. The summed E-state index contributed by atoms with van der Waals surface area (Å²) in [6.45, 7) is 5.60. The lowest BCUT2D eigenvalue weighted by Gasteiger charge is -2.06. The van der Waals surface area contributed by atoms with E-state index in [9.17, 15) is 4.79 Å². The molecule has 2 heterocycles. The Hall–Kier alpha value is -1.34. The molecule has 1 amide bonds. The standard InChI is InChI=1S/C12H15BrClN5O/c1-3-18-7-8(13)10(17-18)6-15-12(20)11-9(14)5-16-19(11)4-2/h5,7H,3-4,6H2,1-2H3,(H,15,20). The van der Waals surface area contributed by atoms with Crippen molar-refractivity contribution in [2.45, 2.75) is 33.5 Å². The van der Waals surface area contributed by atoms with Crippen molar-refractivity contribution in [2.75, 3.05) is 0 Å². The average Bonchev–Trinajstić information content (AvgIpc) is 2.99. The fourth-order valence-electron chi connectivity index (χ4n) is 1.79. The average molecular weight is 361 g/mol. The Kier molecular flexibility index (Phi) is 4.82. The van der Waals surface area contributed by atoms with Crippen LogP contribution in [0.25, 0.3) is 0 Å². The van der Waals surface area contributed by atoms with E-state index < -0.39 is 0 Å². The normalized spacial score (nSPS) is 10.8. The number of carbonyl (C=O) groups is 1. The molecule has 2 rings (SSSR count). The van der Waals surface area contributed by atoms with Crippen LogP contribution >= 0.6 is 27.5 Å². The van der Waals surface area contributed by atoms with Crippen molar-refractivity contribution in [1.82, 2.24) is 24.9 Å². The van der Waals surface area contributed by atoms with Gasteiger partial charge in [0.25, 0.3) is 5.91 Å². The van der Waals surface area contributed by atoms with E-state index in [4.69, 9.17) is 11.6 Å². The molecule has 108 valence electrons. The first-order valence-electron chi connectivity index (χ1n) is 6.28. The topological polar surface area (TPSA) is 64.7 Å². The largest absolute Gasteiger partial charge is 0.345 e. The quantitative estimate of drug-likeness (QED) is 0.891. The molecular formula is C12H15BrClN5O. The van der Waals surface area contributed by atoms with Crippen molar-refractivity contribution in [1.29, 1.82) is 0 Å². The van der Waals surface area contributed by atoms with Crippen LogP contribution in [0.2, 0.25) is 5.02 Å². The maximum Gasteiger partial charge on any atom is 0.271 e. The van der Waals surface area contributed by atoms with Gasteiger partial charge in [-0.25, -0.2) is 0 Å². The lowest BCUT2D eigenvalue weighted by atomic mass is 10.3. The van der Waals surface area contributed by atoms with Gasteiger partial charge in [-0.2, -0.15) is 10.2 Å². The number of nitrogens with zero attached hydrogens (tertiary/aromatic N) is 4. The highest BCUT2D eigenvalue weighted by molar-refractivity contribution is 9.10. The van der Waals surface area contributed by atoms with E-state index in [0.717, 1.165) is 16.7 Å². The number of aromatic nitrogens is 4. The lowest BCUT2D eigenvalue weighted by Crippen LogP contribution is -2.26. The Labute approximate surface area is 130 Å². The lowest BCUT2D eigenvalue weighted by molar-refractivity contribution is 0.0939. The van der Waals surface area contributed by atoms with Crippen molar-refractivity contribution < 1.29 is 4.79 Å². The summed E-state index contributed by atoms with van der Waals surface area (Å²) in [5.74, 6) is -0.257. The number of hydrogen-bond acceptors (Lipinski definition) is 3. The molecule has 0 fully saturated rings. The first-order valence-corrected chi connectivity index (χ1v) is 7.45. The maximum absolute atomic E-state index is 12.2. The molecule has 20 heavy (non-hydrogen) atoms. The van der Waals surface area contributed by atoms with Gasteiger partial charge in [-0.3, -0.25) is 14.2 Å². The molecule has 0 atom stereocenters. The molecule has 6 nitrogen and oxygen atoms in total. The number of rotatable bonds is 5. The van der Waals surface area contributed by atoms with Gasteiger partial charge in [0.15, 0.2) is 0 Å². The van der Waals surface area contributed by atoms with Gasteiger partial charge in [0.2, 0.25) is 0 Å². The number of carbonyl (C=O) groups excluding carboxylic acids is 1. The zero-order valence-corrected chi connectivity index (χ0v) is 13.6. The molecule has 2 aromatic rings. The minimum atomic E-state index is -0.257. The smallest absolute Gasteiger partial charge is 0.271 e. The van der Waals surface area contributed by atoms with Gasteiger partial charge in [-0.1, -0.05) is 11.6 Å². The third kappa shape index (κ3) is 3.04. The van der Waals surface area contributed by atoms with Gasteiger partial charge in [0.05, 0.1) is 27.9 Å². The first-order chi connectivity index (χ1) is 9.56. The second-order valence-electron chi connectivity index (χ2n) is 4.12. The first kappa shape index (κ1) is 15.1. The Morgan fingerprint density at radius 3 is 2.80 bits per heavy atom. The minimum Gasteiger partial charge on any atom is -0.345 e. The molecule has 0 aliphatic heterocycles. The molecule has 0 bridgehead atoms. The van der Waals surface area contributed by atoms with E-state index in [0.29, 0.717) is 23.8 Å². The predicted molar refractivity (Wildman–Crippen MR) is 79.7 cm³/mol. The van der Waals surface area contributed by atoms with Crippen LogP contribution in [0.3, 0.4) is 0 Å².